The summed E-state index contributed by atoms with van der Waals surface area (Å²) in [5, 5.41) is 3.60. The second-order valence-corrected chi connectivity index (χ2v) is 13.0. The van der Waals surface area contributed by atoms with Crippen molar-refractivity contribution in [2.24, 2.45) is 0 Å². The summed E-state index contributed by atoms with van der Waals surface area (Å²) in [5.74, 6) is -0.672. The molecule has 9 heteroatoms. The summed E-state index contributed by atoms with van der Waals surface area (Å²) < 4.78 is 29.1. The van der Waals surface area contributed by atoms with E-state index in [0.717, 1.165) is 41.1 Å². The number of aryl methyl sites for hydroxylation is 2. The minimum absolute atomic E-state index is 0.0680. The Morgan fingerprint density at radius 1 is 0.976 bits per heavy atom. The highest BCUT2D eigenvalue weighted by atomic mass is 35.5. The third-order valence-electron chi connectivity index (χ3n) is 7.56. The average molecular weight is 596 g/mol. The van der Waals surface area contributed by atoms with Crippen LogP contribution in [0.15, 0.2) is 77.7 Å². The van der Waals surface area contributed by atoms with Gasteiger partial charge in [0.1, 0.15) is 12.6 Å². The van der Waals surface area contributed by atoms with E-state index in [1.807, 2.05) is 38.1 Å². The number of benzene rings is 3. The van der Waals surface area contributed by atoms with Crippen LogP contribution in [0.3, 0.4) is 0 Å². The molecule has 0 saturated heterocycles. The van der Waals surface area contributed by atoms with E-state index in [2.05, 4.69) is 5.32 Å². The number of hydrogen-bond donors (Lipinski definition) is 1. The van der Waals surface area contributed by atoms with E-state index in [4.69, 9.17) is 11.6 Å². The van der Waals surface area contributed by atoms with E-state index >= 15 is 0 Å². The van der Waals surface area contributed by atoms with E-state index in [-0.39, 0.29) is 23.4 Å². The zero-order valence-corrected chi connectivity index (χ0v) is 25.4. The lowest BCUT2D eigenvalue weighted by molar-refractivity contribution is -0.140. The third-order valence-corrected chi connectivity index (χ3v) is 9.57. The lowest BCUT2D eigenvalue weighted by atomic mass is 10.1. The molecule has 0 heterocycles. The molecule has 1 N–H and O–H groups in total. The Labute approximate surface area is 248 Å². The van der Waals surface area contributed by atoms with Gasteiger partial charge in [0.15, 0.2) is 0 Å². The van der Waals surface area contributed by atoms with Crippen LogP contribution in [0, 0.1) is 13.8 Å². The van der Waals surface area contributed by atoms with Crippen molar-refractivity contribution in [3.05, 3.63) is 94.5 Å². The van der Waals surface area contributed by atoms with Crippen LogP contribution in [-0.4, -0.2) is 43.8 Å². The van der Waals surface area contributed by atoms with Crippen molar-refractivity contribution < 1.29 is 18.0 Å². The summed E-state index contributed by atoms with van der Waals surface area (Å²) >= 11 is 6.19. The normalized spacial score (nSPS) is 14.4. The Kier molecular flexibility index (Phi) is 10.1. The molecule has 41 heavy (non-hydrogen) atoms. The zero-order valence-electron chi connectivity index (χ0n) is 23.8. The molecule has 3 aromatic carbocycles. The number of nitrogens with one attached hydrogen (secondary N) is 1. The standard InChI is InChI=1S/C32H38ClN3O4S/c1-4-29(32(38)34-27-13-8-9-14-27)35(21-25-12-10-11-23(2)19-25)31(37)22-36(30-18-17-26(33)20-24(30)3)41(39,40)28-15-6-5-7-16-28/h5-7,10-12,15-20,27,29H,4,8-9,13-14,21-22H2,1-3H3,(H,34,38)/t29-/m1/s1. The van der Waals surface area contributed by atoms with Gasteiger partial charge in [0.25, 0.3) is 10.0 Å². The number of sulfonamides is 1. The molecule has 7 nitrogen and oxygen atoms in total. The summed E-state index contributed by atoms with van der Waals surface area (Å²) in [6.45, 7) is 5.30. The number of nitrogens with zero attached hydrogens (tertiary/aromatic N) is 2. The first kappa shape index (κ1) is 30.6. The lowest BCUT2D eigenvalue weighted by Crippen LogP contribution is -2.53. The monoisotopic (exact) mass is 595 g/mol. The molecule has 2 amide bonds. The summed E-state index contributed by atoms with van der Waals surface area (Å²) in [6, 6.07) is 20.0. The molecule has 0 aliphatic heterocycles. The minimum atomic E-state index is -4.13. The van der Waals surface area contributed by atoms with Crippen LogP contribution in [0.1, 0.15) is 55.7 Å². The number of carbonyl (C=O) groups excluding carboxylic acids is 2. The van der Waals surface area contributed by atoms with Gasteiger partial charge in [-0.25, -0.2) is 8.42 Å². The van der Waals surface area contributed by atoms with E-state index < -0.39 is 28.5 Å². The highest BCUT2D eigenvalue weighted by Gasteiger charge is 2.35. The van der Waals surface area contributed by atoms with E-state index in [1.54, 1.807) is 43.3 Å². The van der Waals surface area contributed by atoms with Gasteiger partial charge in [0, 0.05) is 17.6 Å². The van der Waals surface area contributed by atoms with Crippen molar-refractivity contribution in [1.82, 2.24) is 10.2 Å². The molecule has 1 aliphatic carbocycles. The maximum Gasteiger partial charge on any atom is 0.264 e. The predicted molar refractivity (Wildman–Crippen MR) is 163 cm³/mol. The van der Waals surface area contributed by atoms with Gasteiger partial charge in [0.2, 0.25) is 11.8 Å². The second kappa shape index (κ2) is 13.5. The van der Waals surface area contributed by atoms with Gasteiger partial charge in [0.05, 0.1) is 10.6 Å². The van der Waals surface area contributed by atoms with Crippen LogP contribution in [0.5, 0.6) is 0 Å². The van der Waals surface area contributed by atoms with Gasteiger partial charge in [-0.3, -0.25) is 13.9 Å². The Balaban J connectivity index is 1.73. The van der Waals surface area contributed by atoms with Crippen LogP contribution in [0.2, 0.25) is 5.02 Å². The topological polar surface area (TPSA) is 86.8 Å². The summed E-state index contributed by atoms with van der Waals surface area (Å²) in [7, 11) is -4.13. The average Bonchev–Trinajstić information content (AvgIpc) is 3.45. The first-order valence-electron chi connectivity index (χ1n) is 14.1. The van der Waals surface area contributed by atoms with Crippen molar-refractivity contribution in [3.8, 4) is 0 Å². The largest absolute Gasteiger partial charge is 0.352 e. The quantitative estimate of drug-likeness (QED) is 0.294. The van der Waals surface area contributed by atoms with Crippen LogP contribution < -0.4 is 9.62 Å². The second-order valence-electron chi connectivity index (χ2n) is 10.7. The van der Waals surface area contributed by atoms with E-state index in [9.17, 15) is 18.0 Å². The Morgan fingerprint density at radius 3 is 2.32 bits per heavy atom. The molecule has 3 aromatic rings. The molecule has 218 valence electrons. The molecule has 1 fully saturated rings. The molecule has 0 spiro atoms. The highest BCUT2D eigenvalue weighted by Crippen LogP contribution is 2.29. The zero-order chi connectivity index (χ0) is 29.6. The summed E-state index contributed by atoms with van der Waals surface area (Å²) in [6.07, 6.45) is 4.38. The smallest absolute Gasteiger partial charge is 0.264 e. The molecule has 0 radical (unpaired) electrons. The number of halogens is 1. The van der Waals surface area contributed by atoms with Gasteiger partial charge in [-0.15, -0.1) is 0 Å². The molecule has 1 aliphatic rings. The first-order chi connectivity index (χ1) is 19.6. The fraction of sp³-hybridized carbons (Fsp3) is 0.375. The Hall–Kier alpha value is -3.36. The van der Waals surface area contributed by atoms with Gasteiger partial charge in [-0.2, -0.15) is 0 Å². The van der Waals surface area contributed by atoms with Crippen molar-refractivity contribution in [1.29, 1.82) is 0 Å². The molecule has 0 bridgehead atoms. The molecule has 0 unspecified atom stereocenters. The van der Waals surface area contributed by atoms with Gasteiger partial charge < -0.3 is 10.2 Å². The van der Waals surface area contributed by atoms with Gasteiger partial charge in [-0.1, -0.05) is 79.4 Å². The van der Waals surface area contributed by atoms with Crippen LogP contribution in [0.4, 0.5) is 5.69 Å². The lowest BCUT2D eigenvalue weighted by Gasteiger charge is -2.34. The van der Waals surface area contributed by atoms with Crippen molar-refractivity contribution >= 4 is 39.1 Å². The minimum Gasteiger partial charge on any atom is -0.352 e. The van der Waals surface area contributed by atoms with E-state index in [1.165, 1.54) is 17.0 Å². The molecule has 1 atom stereocenters. The van der Waals surface area contributed by atoms with Crippen molar-refractivity contribution in [3.63, 3.8) is 0 Å². The maximum absolute atomic E-state index is 14.2. The Bertz CT molecular complexity index is 1470. The van der Waals surface area contributed by atoms with Crippen LogP contribution in [0.25, 0.3) is 0 Å². The van der Waals surface area contributed by atoms with Gasteiger partial charge >= 0.3 is 0 Å². The molecule has 1 saturated carbocycles. The predicted octanol–water partition coefficient (Wildman–Crippen LogP) is 6.02. The fourth-order valence-electron chi connectivity index (χ4n) is 5.43. The number of amides is 2. The van der Waals surface area contributed by atoms with Crippen molar-refractivity contribution in [2.75, 3.05) is 10.8 Å². The number of anilines is 1. The number of hydrogen-bond acceptors (Lipinski definition) is 4. The molecular weight excluding hydrogens is 558 g/mol. The Morgan fingerprint density at radius 2 is 1.68 bits per heavy atom. The molecular formula is C32H38ClN3O4S. The highest BCUT2D eigenvalue weighted by molar-refractivity contribution is 7.92. The number of carbonyl (C=O) groups is 2. The summed E-state index contributed by atoms with van der Waals surface area (Å²) in [5.41, 5.74) is 2.86. The summed E-state index contributed by atoms with van der Waals surface area (Å²) in [4.78, 5) is 29.4. The molecule has 0 aromatic heterocycles. The van der Waals surface area contributed by atoms with Crippen LogP contribution in [-0.2, 0) is 26.2 Å². The van der Waals surface area contributed by atoms with Crippen LogP contribution >= 0.6 is 11.6 Å². The molecule has 4 rings (SSSR count). The van der Waals surface area contributed by atoms with E-state index in [0.29, 0.717) is 22.7 Å². The maximum atomic E-state index is 14.2. The van der Waals surface area contributed by atoms with Crippen molar-refractivity contribution in [2.45, 2.75) is 76.4 Å². The van der Waals surface area contributed by atoms with Gasteiger partial charge in [-0.05, 0) is 74.6 Å². The SMILES string of the molecule is CC[C@H](C(=O)NC1CCCC1)N(Cc1cccc(C)c1)C(=O)CN(c1ccc(Cl)cc1C)S(=O)(=O)c1ccccc1. The fourth-order valence-corrected chi connectivity index (χ4v) is 7.15. The number of rotatable bonds is 11. The first-order valence-corrected chi connectivity index (χ1v) is 15.9. The third kappa shape index (κ3) is 7.49.